The van der Waals surface area contributed by atoms with E-state index >= 15 is 0 Å². The van der Waals surface area contributed by atoms with Crippen LogP contribution in [0.1, 0.15) is 17.0 Å². The molecule has 170 valence electrons. The Labute approximate surface area is 193 Å². The van der Waals surface area contributed by atoms with E-state index in [2.05, 4.69) is 9.88 Å². The lowest BCUT2D eigenvalue weighted by Crippen LogP contribution is -2.48. The fourth-order valence-electron chi connectivity index (χ4n) is 3.73. The van der Waals surface area contributed by atoms with Crippen LogP contribution in [0, 0.1) is 13.8 Å². The molecule has 1 aliphatic heterocycles. The lowest BCUT2D eigenvalue weighted by molar-refractivity contribution is 0.179. The van der Waals surface area contributed by atoms with E-state index in [0.717, 1.165) is 17.0 Å². The van der Waals surface area contributed by atoms with Crippen molar-refractivity contribution in [2.75, 3.05) is 33.3 Å². The minimum Gasteiger partial charge on any atom is -0.495 e. The molecule has 0 unspecified atom stereocenters. The van der Waals surface area contributed by atoms with Crippen molar-refractivity contribution < 1.29 is 17.6 Å². The van der Waals surface area contributed by atoms with E-state index in [1.165, 1.54) is 23.0 Å². The van der Waals surface area contributed by atoms with Gasteiger partial charge in [0.2, 0.25) is 15.9 Å². The van der Waals surface area contributed by atoms with Gasteiger partial charge in [0.25, 0.3) is 0 Å². The van der Waals surface area contributed by atoms with Crippen molar-refractivity contribution in [1.29, 1.82) is 0 Å². The summed E-state index contributed by atoms with van der Waals surface area (Å²) in [6.45, 7) is 6.49. The molecule has 32 heavy (non-hydrogen) atoms. The summed E-state index contributed by atoms with van der Waals surface area (Å²) in [4.78, 5) is 6.96. The van der Waals surface area contributed by atoms with Gasteiger partial charge in [-0.3, -0.25) is 4.90 Å². The van der Waals surface area contributed by atoms with Crippen molar-refractivity contribution in [3.63, 3.8) is 0 Å². The molecule has 3 aromatic rings. The first kappa shape index (κ1) is 22.8. The first-order valence-corrected chi connectivity index (χ1v) is 12.2. The zero-order chi connectivity index (χ0) is 22.9. The minimum atomic E-state index is -3.70. The van der Waals surface area contributed by atoms with Crippen LogP contribution in [0.15, 0.2) is 51.8 Å². The maximum atomic E-state index is 13.2. The van der Waals surface area contributed by atoms with Crippen molar-refractivity contribution in [2.24, 2.45) is 0 Å². The van der Waals surface area contributed by atoms with Crippen molar-refractivity contribution in [3.05, 3.63) is 64.5 Å². The number of ether oxygens (including phenoxy) is 1. The van der Waals surface area contributed by atoms with Gasteiger partial charge in [0.15, 0.2) is 0 Å². The fourth-order valence-corrected chi connectivity index (χ4v) is 5.57. The van der Waals surface area contributed by atoms with Gasteiger partial charge in [-0.2, -0.15) is 4.31 Å². The summed E-state index contributed by atoms with van der Waals surface area (Å²) in [5.41, 5.74) is 2.99. The summed E-state index contributed by atoms with van der Waals surface area (Å²) in [5.74, 6) is 1.67. The molecular weight excluding hydrogens is 450 g/mol. The van der Waals surface area contributed by atoms with Crippen LogP contribution in [0.2, 0.25) is 5.02 Å². The van der Waals surface area contributed by atoms with E-state index < -0.39 is 10.0 Å². The van der Waals surface area contributed by atoms with Gasteiger partial charge in [-0.25, -0.2) is 13.4 Å². The Morgan fingerprint density at radius 3 is 2.41 bits per heavy atom. The monoisotopic (exact) mass is 475 g/mol. The highest BCUT2D eigenvalue weighted by molar-refractivity contribution is 7.89. The number of hydrogen-bond donors (Lipinski definition) is 0. The summed E-state index contributed by atoms with van der Waals surface area (Å²) in [6.07, 6.45) is 0. The van der Waals surface area contributed by atoms with Gasteiger partial charge in [0.05, 0.1) is 12.8 Å². The normalized spacial score (nSPS) is 15.8. The Kier molecular flexibility index (Phi) is 6.57. The quantitative estimate of drug-likeness (QED) is 0.533. The third-order valence-electron chi connectivity index (χ3n) is 5.64. The van der Waals surface area contributed by atoms with Crippen LogP contribution in [0.5, 0.6) is 5.75 Å². The maximum Gasteiger partial charge on any atom is 0.246 e. The SMILES string of the molecule is COc1ccc(Cl)cc1S(=O)(=O)N1CCN(Cc2nc(-c3ccc(C)cc3)oc2C)CC1. The maximum absolute atomic E-state index is 13.2. The molecule has 1 fully saturated rings. The molecule has 1 aromatic heterocycles. The summed E-state index contributed by atoms with van der Waals surface area (Å²) in [6, 6.07) is 12.7. The molecule has 1 aliphatic rings. The topological polar surface area (TPSA) is 75.9 Å². The molecule has 4 rings (SSSR count). The summed E-state index contributed by atoms with van der Waals surface area (Å²) >= 11 is 6.04. The van der Waals surface area contributed by atoms with Crippen molar-refractivity contribution in [2.45, 2.75) is 25.3 Å². The molecule has 0 spiro atoms. The lowest BCUT2D eigenvalue weighted by Gasteiger charge is -2.33. The number of sulfonamides is 1. The predicted molar refractivity (Wildman–Crippen MR) is 123 cm³/mol. The molecule has 1 saturated heterocycles. The fraction of sp³-hybridized carbons (Fsp3) is 0.348. The molecule has 0 N–H and O–H groups in total. The highest BCUT2D eigenvalue weighted by Crippen LogP contribution is 2.30. The third-order valence-corrected chi connectivity index (χ3v) is 7.79. The molecular formula is C23H26ClN3O4S. The van der Waals surface area contributed by atoms with Crippen LogP contribution in [0.3, 0.4) is 0 Å². The van der Waals surface area contributed by atoms with Crippen LogP contribution >= 0.6 is 11.6 Å². The number of oxazole rings is 1. The largest absolute Gasteiger partial charge is 0.495 e. The number of aromatic nitrogens is 1. The number of halogens is 1. The van der Waals surface area contributed by atoms with Gasteiger partial charge in [0, 0.05) is 43.3 Å². The first-order chi connectivity index (χ1) is 15.3. The number of piperazine rings is 1. The molecule has 0 saturated carbocycles. The van der Waals surface area contributed by atoms with E-state index in [1.807, 2.05) is 38.1 Å². The highest BCUT2D eigenvalue weighted by atomic mass is 35.5. The van der Waals surface area contributed by atoms with Crippen molar-refractivity contribution in [3.8, 4) is 17.2 Å². The molecule has 0 radical (unpaired) electrons. The Morgan fingerprint density at radius 1 is 1.06 bits per heavy atom. The minimum absolute atomic E-state index is 0.0936. The van der Waals surface area contributed by atoms with Gasteiger partial charge in [-0.15, -0.1) is 0 Å². The van der Waals surface area contributed by atoms with Gasteiger partial charge in [0.1, 0.15) is 16.4 Å². The number of methoxy groups -OCH3 is 1. The lowest BCUT2D eigenvalue weighted by atomic mass is 10.1. The zero-order valence-corrected chi connectivity index (χ0v) is 19.9. The van der Waals surface area contributed by atoms with Gasteiger partial charge in [-0.05, 0) is 44.2 Å². The molecule has 0 amide bonds. The molecule has 9 heteroatoms. The van der Waals surface area contributed by atoms with E-state index in [1.54, 1.807) is 12.1 Å². The third kappa shape index (κ3) is 4.68. The molecule has 0 aliphatic carbocycles. The highest BCUT2D eigenvalue weighted by Gasteiger charge is 2.31. The second-order valence-corrected chi connectivity index (χ2v) is 10.2. The molecule has 7 nitrogen and oxygen atoms in total. The van der Waals surface area contributed by atoms with Gasteiger partial charge in [-0.1, -0.05) is 29.3 Å². The average Bonchev–Trinajstić information content (AvgIpc) is 3.14. The molecule has 2 heterocycles. The van der Waals surface area contributed by atoms with E-state index in [-0.39, 0.29) is 4.90 Å². The Hall–Kier alpha value is -2.39. The van der Waals surface area contributed by atoms with E-state index in [4.69, 9.17) is 20.8 Å². The van der Waals surface area contributed by atoms with Crippen molar-refractivity contribution >= 4 is 21.6 Å². The van der Waals surface area contributed by atoms with Crippen LogP contribution in [0.25, 0.3) is 11.5 Å². The van der Waals surface area contributed by atoms with Gasteiger partial charge >= 0.3 is 0 Å². The second kappa shape index (κ2) is 9.23. The Bertz CT molecular complexity index is 1200. The van der Waals surface area contributed by atoms with Crippen LogP contribution < -0.4 is 4.74 Å². The molecule has 0 atom stereocenters. The van der Waals surface area contributed by atoms with Crippen LogP contribution in [-0.4, -0.2) is 55.9 Å². The standard InChI is InChI=1S/C23H26ClN3O4S/c1-16-4-6-18(7-5-16)23-25-20(17(2)31-23)15-26-10-12-27(13-11-26)32(28,29)22-14-19(24)8-9-21(22)30-3/h4-9,14H,10-13,15H2,1-3H3. The first-order valence-electron chi connectivity index (χ1n) is 10.4. The van der Waals surface area contributed by atoms with Crippen molar-refractivity contribution in [1.82, 2.24) is 14.2 Å². The number of aryl methyl sites for hydroxylation is 2. The summed E-state index contributed by atoms with van der Waals surface area (Å²) in [7, 11) is -2.25. The zero-order valence-electron chi connectivity index (χ0n) is 18.3. The number of nitrogens with zero attached hydrogens (tertiary/aromatic N) is 3. The molecule has 2 aromatic carbocycles. The number of rotatable bonds is 6. The predicted octanol–water partition coefficient (Wildman–Crippen LogP) is 4.13. The number of benzene rings is 2. The van der Waals surface area contributed by atoms with E-state index in [9.17, 15) is 8.42 Å². The summed E-state index contributed by atoms with van der Waals surface area (Å²) < 4.78 is 38.9. The Morgan fingerprint density at radius 2 is 1.75 bits per heavy atom. The van der Waals surface area contributed by atoms with Crippen LogP contribution in [-0.2, 0) is 16.6 Å². The van der Waals surface area contributed by atoms with E-state index in [0.29, 0.717) is 49.4 Å². The molecule has 0 bridgehead atoms. The number of hydrogen-bond acceptors (Lipinski definition) is 6. The second-order valence-electron chi connectivity index (χ2n) is 7.86. The smallest absolute Gasteiger partial charge is 0.246 e. The Balaban J connectivity index is 1.43. The average molecular weight is 476 g/mol. The van der Waals surface area contributed by atoms with Gasteiger partial charge < -0.3 is 9.15 Å². The summed E-state index contributed by atoms with van der Waals surface area (Å²) in [5, 5.41) is 0.355. The van der Waals surface area contributed by atoms with Crippen LogP contribution in [0.4, 0.5) is 0 Å².